The summed E-state index contributed by atoms with van der Waals surface area (Å²) in [5, 5.41) is 9.82. The van der Waals surface area contributed by atoms with E-state index in [2.05, 4.69) is 20.9 Å². The maximum atomic E-state index is 14.0. The summed E-state index contributed by atoms with van der Waals surface area (Å²) in [5.41, 5.74) is 5.59. The molecule has 11 nitrogen and oxygen atoms in total. The lowest BCUT2D eigenvalue weighted by Gasteiger charge is -2.29. The summed E-state index contributed by atoms with van der Waals surface area (Å²) < 4.78 is 10.5. The smallest absolute Gasteiger partial charge is 0.407 e. The van der Waals surface area contributed by atoms with Crippen molar-refractivity contribution >= 4 is 46.3 Å². The van der Waals surface area contributed by atoms with Gasteiger partial charge in [0, 0.05) is 53.0 Å². The van der Waals surface area contributed by atoms with Gasteiger partial charge >= 0.3 is 12.1 Å². The predicted molar refractivity (Wildman–Crippen MR) is 221 cm³/mol. The average Bonchev–Trinajstić information content (AvgIpc) is 3.59. The Morgan fingerprint density at radius 2 is 1.61 bits per heavy atom. The molecule has 0 unspecified atom stereocenters. The van der Waals surface area contributed by atoms with E-state index in [1.165, 1.54) is 0 Å². The van der Waals surface area contributed by atoms with E-state index in [-0.39, 0.29) is 48.5 Å². The number of aromatic amines is 1. The van der Waals surface area contributed by atoms with Gasteiger partial charge in [-0.2, -0.15) is 0 Å². The Morgan fingerprint density at radius 3 is 2.26 bits per heavy atom. The molecular weight excluding hydrogens is 721 g/mol. The summed E-state index contributed by atoms with van der Waals surface area (Å²) in [4.78, 5) is 68.2. The fourth-order valence-corrected chi connectivity index (χ4v) is 7.72. The molecule has 1 atom stereocenters. The third-order valence-corrected chi connectivity index (χ3v) is 11.1. The first-order valence-corrected chi connectivity index (χ1v) is 20.4. The van der Waals surface area contributed by atoms with Crippen LogP contribution < -0.4 is 16.0 Å². The number of anilines is 1. The number of Topliss-reactive ketones (excluding diaryl/α,β-unsaturated/α-hetero) is 1. The Hall–Kier alpha value is -5.45. The van der Waals surface area contributed by atoms with Crippen molar-refractivity contribution in [3.05, 3.63) is 89.1 Å². The number of H-pyrrole nitrogens is 1. The predicted octanol–water partition coefficient (Wildman–Crippen LogP) is 8.69. The van der Waals surface area contributed by atoms with E-state index in [4.69, 9.17) is 9.47 Å². The van der Waals surface area contributed by atoms with Gasteiger partial charge in [0.25, 0.3) is 5.91 Å². The highest BCUT2D eigenvalue weighted by Crippen LogP contribution is 2.32. The van der Waals surface area contributed by atoms with Crippen LogP contribution in [-0.2, 0) is 25.5 Å². The first-order valence-electron chi connectivity index (χ1n) is 20.4. The van der Waals surface area contributed by atoms with Crippen molar-refractivity contribution in [2.24, 2.45) is 17.8 Å². The number of carbonyl (C=O) groups is 5. The van der Waals surface area contributed by atoms with E-state index in [1.807, 2.05) is 76.2 Å². The van der Waals surface area contributed by atoms with Gasteiger partial charge in [0.15, 0.2) is 0 Å². The fraction of sp³-hybridized carbons (Fsp3) is 0.457. The van der Waals surface area contributed by atoms with Gasteiger partial charge in [0.1, 0.15) is 17.1 Å². The van der Waals surface area contributed by atoms with Crippen molar-refractivity contribution in [3.63, 3.8) is 0 Å². The molecule has 2 saturated carbocycles. The van der Waals surface area contributed by atoms with Crippen molar-refractivity contribution < 1.29 is 33.4 Å². The molecule has 0 radical (unpaired) electrons. The van der Waals surface area contributed by atoms with E-state index in [0.29, 0.717) is 48.3 Å². The molecule has 302 valence electrons. The zero-order valence-corrected chi connectivity index (χ0v) is 33.8. The van der Waals surface area contributed by atoms with Crippen LogP contribution in [0.25, 0.3) is 22.0 Å². The van der Waals surface area contributed by atoms with Gasteiger partial charge in [-0.3, -0.25) is 14.4 Å². The SMILES string of the molecule is CCOC(=O)c1cc2ccc(NC(=O)[C@@H](CC(=O)C3CCC(CNC(=O)OC(C)(C)C)CC3)Cc3ccc(-c4ccc(C(=O)NC5CCC5)cc4C)cc3)cc2[nH]1. The Balaban J connectivity index is 1.13. The van der Waals surface area contributed by atoms with Crippen LogP contribution in [-0.4, -0.2) is 59.4 Å². The zero-order chi connectivity index (χ0) is 40.7. The monoisotopic (exact) mass is 776 g/mol. The van der Waals surface area contributed by atoms with Crippen molar-refractivity contribution in [1.82, 2.24) is 15.6 Å². The van der Waals surface area contributed by atoms with Gasteiger partial charge < -0.3 is 30.4 Å². The third-order valence-electron chi connectivity index (χ3n) is 11.1. The van der Waals surface area contributed by atoms with Crippen LogP contribution in [0, 0.1) is 24.7 Å². The largest absolute Gasteiger partial charge is 0.461 e. The molecule has 1 aromatic heterocycles. The Kier molecular flexibility index (Phi) is 13.2. The number of carbonyl (C=O) groups excluding carboxylic acids is 5. The molecule has 2 fully saturated rings. The van der Waals surface area contributed by atoms with Crippen molar-refractivity contribution in [2.45, 2.75) is 104 Å². The maximum absolute atomic E-state index is 14.0. The first kappa shape index (κ1) is 41.2. The number of rotatable bonds is 14. The minimum absolute atomic E-state index is 0.0407. The minimum Gasteiger partial charge on any atom is -0.461 e. The lowest BCUT2D eigenvalue weighted by Crippen LogP contribution is -2.39. The fourth-order valence-electron chi connectivity index (χ4n) is 7.72. The summed E-state index contributed by atoms with van der Waals surface area (Å²) in [6.45, 7) is 10.0. The topological polar surface area (TPSA) is 156 Å². The van der Waals surface area contributed by atoms with Crippen molar-refractivity contribution in [1.29, 1.82) is 0 Å². The molecule has 57 heavy (non-hydrogen) atoms. The van der Waals surface area contributed by atoms with E-state index in [1.54, 1.807) is 25.1 Å². The van der Waals surface area contributed by atoms with Crippen LogP contribution in [0.3, 0.4) is 0 Å². The van der Waals surface area contributed by atoms with Crippen LogP contribution in [0.4, 0.5) is 10.5 Å². The van der Waals surface area contributed by atoms with Crippen molar-refractivity contribution in [2.75, 3.05) is 18.5 Å². The second-order valence-corrected chi connectivity index (χ2v) is 16.7. The van der Waals surface area contributed by atoms with Gasteiger partial charge in [-0.1, -0.05) is 36.4 Å². The summed E-state index contributed by atoms with van der Waals surface area (Å²) in [6.07, 6.45) is 6.27. The highest BCUT2D eigenvalue weighted by atomic mass is 16.6. The number of alkyl carbamates (subject to hydrolysis) is 1. The molecule has 0 aliphatic heterocycles. The number of benzene rings is 3. The van der Waals surface area contributed by atoms with Crippen LogP contribution in [0.15, 0.2) is 66.7 Å². The van der Waals surface area contributed by atoms with Gasteiger partial charge in [0.05, 0.1) is 6.61 Å². The van der Waals surface area contributed by atoms with Crippen LogP contribution in [0.2, 0.25) is 0 Å². The summed E-state index contributed by atoms with van der Waals surface area (Å²) >= 11 is 0. The zero-order valence-electron chi connectivity index (χ0n) is 33.8. The second kappa shape index (κ2) is 18.2. The number of hydrogen-bond acceptors (Lipinski definition) is 7. The standard InChI is InChI=1S/C46H56N4O7/c1-6-56-44(54)40-24-33-18-20-37(26-39(33)50-40)49-43(53)35(25-41(51)32-16-12-30(13-17-32)27-47-45(55)57-46(3,4)5)23-29-10-14-31(15-11-29)38-21-19-34(22-28(38)2)42(52)48-36-8-7-9-36/h10-11,14-15,18-22,24,26,30,32,35-36,50H,6-9,12-13,16-17,23,25,27H2,1-5H3,(H,47,55)(H,48,52)(H,49,53)/t30?,32?,35-/m1/s1. The third kappa shape index (κ3) is 11.1. The Labute approximate surface area is 335 Å². The highest BCUT2D eigenvalue weighted by Gasteiger charge is 2.31. The summed E-state index contributed by atoms with van der Waals surface area (Å²) in [7, 11) is 0. The van der Waals surface area contributed by atoms with Crippen LogP contribution in [0.5, 0.6) is 0 Å². The first-order chi connectivity index (χ1) is 27.2. The molecule has 3 aromatic carbocycles. The van der Waals surface area contributed by atoms with Crippen LogP contribution in [0.1, 0.15) is 111 Å². The van der Waals surface area contributed by atoms with E-state index < -0.39 is 23.6 Å². The molecule has 2 aliphatic carbocycles. The molecule has 6 rings (SSSR count). The quantitative estimate of drug-likeness (QED) is 0.0934. The molecule has 0 spiro atoms. The molecule has 3 amide bonds. The highest BCUT2D eigenvalue weighted by molar-refractivity contribution is 6.00. The molecule has 0 saturated heterocycles. The number of nitrogens with one attached hydrogen (secondary N) is 4. The van der Waals surface area contributed by atoms with Gasteiger partial charge in [0.2, 0.25) is 5.91 Å². The number of aryl methyl sites for hydroxylation is 1. The number of ketones is 1. The molecular formula is C46H56N4O7. The van der Waals surface area contributed by atoms with Crippen LogP contribution >= 0.6 is 0 Å². The molecule has 4 N–H and O–H groups in total. The maximum Gasteiger partial charge on any atom is 0.407 e. The molecule has 1 heterocycles. The van der Waals surface area contributed by atoms with Gasteiger partial charge in [-0.25, -0.2) is 9.59 Å². The average molecular weight is 777 g/mol. The molecule has 0 bridgehead atoms. The van der Waals surface area contributed by atoms with E-state index in [9.17, 15) is 24.0 Å². The second-order valence-electron chi connectivity index (χ2n) is 16.7. The Bertz CT molecular complexity index is 2090. The normalized spacial score (nSPS) is 17.6. The summed E-state index contributed by atoms with van der Waals surface area (Å²) in [5.74, 6) is -1.20. The molecule has 4 aromatic rings. The number of ether oxygens (including phenoxy) is 2. The van der Waals surface area contributed by atoms with E-state index >= 15 is 0 Å². The number of aromatic nitrogens is 1. The van der Waals surface area contributed by atoms with Gasteiger partial charge in [-0.15, -0.1) is 0 Å². The van der Waals surface area contributed by atoms with Crippen molar-refractivity contribution in [3.8, 4) is 11.1 Å². The lowest BCUT2D eigenvalue weighted by molar-refractivity contribution is -0.129. The number of esters is 1. The molecule has 11 heteroatoms. The molecule has 2 aliphatic rings. The number of fused-ring (bicyclic) bond motifs is 1. The Morgan fingerprint density at radius 1 is 0.877 bits per heavy atom. The summed E-state index contributed by atoms with van der Waals surface area (Å²) in [6, 6.07) is 21.2. The lowest BCUT2D eigenvalue weighted by atomic mass is 9.77. The minimum atomic E-state index is -0.625. The number of hydrogen-bond donors (Lipinski definition) is 4. The van der Waals surface area contributed by atoms with E-state index in [0.717, 1.165) is 59.7 Å². The van der Waals surface area contributed by atoms with Gasteiger partial charge in [-0.05, 0) is 144 Å². The number of amides is 3.